The zero-order chi connectivity index (χ0) is 20.7. The topological polar surface area (TPSA) is 126 Å². The maximum Gasteiger partial charge on any atom is 0.257 e. The van der Waals surface area contributed by atoms with Crippen molar-refractivity contribution in [3.05, 3.63) is 36.2 Å². The number of aliphatic hydroxyl groups is 1. The molecule has 2 atom stereocenters. The normalized spacial score (nSPS) is 20.5. The SMILES string of the molecule is CNc1cc(Nc2cccnc2OC2CC2)nc2c(C(=O)N[C@H]3CC[C@H]3O)cnn12. The summed E-state index contributed by atoms with van der Waals surface area (Å²) in [6.45, 7) is 0. The number of pyridine rings is 1. The van der Waals surface area contributed by atoms with Crippen LogP contribution in [0.1, 0.15) is 36.0 Å². The van der Waals surface area contributed by atoms with E-state index in [1.54, 1.807) is 23.8 Å². The molecular weight excluding hydrogens is 386 g/mol. The van der Waals surface area contributed by atoms with Gasteiger partial charge in [0.15, 0.2) is 5.65 Å². The van der Waals surface area contributed by atoms with Gasteiger partial charge in [0.1, 0.15) is 29.0 Å². The van der Waals surface area contributed by atoms with Crippen LogP contribution in [0.2, 0.25) is 0 Å². The first-order chi connectivity index (χ1) is 14.6. The summed E-state index contributed by atoms with van der Waals surface area (Å²) in [5.41, 5.74) is 1.45. The zero-order valence-corrected chi connectivity index (χ0v) is 16.5. The molecule has 0 aromatic carbocycles. The molecule has 0 bridgehead atoms. The third-order valence-corrected chi connectivity index (χ3v) is 5.36. The smallest absolute Gasteiger partial charge is 0.257 e. The Kier molecular flexibility index (Phi) is 4.62. The number of anilines is 3. The Morgan fingerprint density at radius 2 is 2.17 bits per heavy atom. The minimum Gasteiger partial charge on any atom is -0.473 e. The third-order valence-electron chi connectivity index (χ3n) is 5.36. The predicted octanol–water partition coefficient (Wildman–Crippen LogP) is 1.70. The molecule has 10 heteroatoms. The monoisotopic (exact) mass is 409 g/mol. The first kappa shape index (κ1) is 18.6. The van der Waals surface area contributed by atoms with Crippen LogP contribution < -0.4 is 20.7 Å². The zero-order valence-electron chi connectivity index (χ0n) is 16.5. The second kappa shape index (κ2) is 7.45. The van der Waals surface area contributed by atoms with Gasteiger partial charge >= 0.3 is 0 Å². The number of nitrogens with one attached hydrogen (secondary N) is 3. The van der Waals surface area contributed by atoms with Gasteiger partial charge in [-0.25, -0.2) is 9.97 Å². The van der Waals surface area contributed by atoms with Crippen molar-refractivity contribution in [1.82, 2.24) is 24.9 Å². The molecule has 4 N–H and O–H groups in total. The van der Waals surface area contributed by atoms with Gasteiger partial charge in [0, 0.05) is 19.3 Å². The Bertz CT molecular complexity index is 1100. The number of aliphatic hydroxyl groups excluding tert-OH is 1. The van der Waals surface area contributed by atoms with E-state index in [0.29, 0.717) is 40.8 Å². The molecule has 3 aromatic rings. The summed E-state index contributed by atoms with van der Waals surface area (Å²) in [7, 11) is 1.77. The van der Waals surface area contributed by atoms with Crippen molar-refractivity contribution in [2.75, 3.05) is 17.7 Å². The molecule has 2 saturated carbocycles. The molecule has 2 fully saturated rings. The molecule has 3 aromatic heterocycles. The molecule has 0 saturated heterocycles. The van der Waals surface area contributed by atoms with Crippen LogP contribution in [0, 0.1) is 0 Å². The van der Waals surface area contributed by atoms with E-state index >= 15 is 0 Å². The van der Waals surface area contributed by atoms with Crippen LogP contribution in [0.4, 0.5) is 17.3 Å². The highest BCUT2D eigenvalue weighted by Gasteiger charge is 2.31. The van der Waals surface area contributed by atoms with E-state index in [2.05, 4.69) is 31.0 Å². The molecule has 2 aliphatic carbocycles. The van der Waals surface area contributed by atoms with E-state index in [1.165, 1.54) is 6.20 Å². The Balaban J connectivity index is 1.46. The van der Waals surface area contributed by atoms with Gasteiger partial charge in [0.05, 0.1) is 18.3 Å². The van der Waals surface area contributed by atoms with Gasteiger partial charge in [0.2, 0.25) is 5.88 Å². The van der Waals surface area contributed by atoms with Gasteiger partial charge in [-0.1, -0.05) is 0 Å². The lowest BCUT2D eigenvalue weighted by molar-refractivity contribution is 0.0448. The minimum atomic E-state index is -0.496. The van der Waals surface area contributed by atoms with E-state index in [-0.39, 0.29) is 18.1 Å². The van der Waals surface area contributed by atoms with Crippen LogP contribution >= 0.6 is 0 Å². The number of nitrogens with zero attached hydrogens (tertiary/aromatic N) is 4. The molecular formula is C20H23N7O3. The van der Waals surface area contributed by atoms with E-state index in [0.717, 1.165) is 19.3 Å². The predicted molar refractivity (Wildman–Crippen MR) is 110 cm³/mol. The summed E-state index contributed by atoms with van der Waals surface area (Å²) in [6.07, 6.45) is 6.43. The maximum atomic E-state index is 12.7. The summed E-state index contributed by atoms with van der Waals surface area (Å²) < 4.78 is 7.44. The van der Waals surface area contributed by atoms with Crippen molar-refractivity contribution in [3.63, 3.8) is 0 Å². The van der Waals surface area contributed by atoms with Crippen LogP contribution in [0.3, 0.4) is 0 Å². The quantitative estimate of drug-likeness (QED) is 0.465. The number of fused-ring (bicyclic) bond motifs is 1. The lowest BCUT2D eigenvalue weighted by Gasteiger charge is -2.32. The van der Waals surface area contributed by atoms with Gasteiger partial charge in [-0.05, 0) is 37.8 Å². The van der Waals surface area contributed by atoms with Crippen molar-refractivity contribution < 1.29 is 14.6 Å². The van der Waals surface area contributed by atoms with Crippen LogP contribution in [-0.4, -0.2) is 55.9 Å². The molecule has 0 unspecified atom stereocenters. The van der Waals surface area contributed by atoms with Gasteiger partial charge < -0.3 is 25.8 Å². The molecule has 10 nitrogen and oxygen atoms in total. The van der Waals surface area contributed by atoms with Crippen molar-refractivity contribution in [1.29, 1.82) is 0 Å². The standard InChI is InChI=1S/C20H23N7O3/c1-21-17-9-16(24-14-3-2-8-22-20(14)30-11-4-5-11)26-18-12(10-23-27(17)18)19(29)25-13-6-7-15(13)28/h2-3,8-11,13,15,21,28H,4-7H2,1H3,(H,24,26)(H,25,29)/t13-,15+/m0/s1. The van der Waals surface area contributed by atoms with Crippen LogP contribution in [0.15, 0.2) is 30.6 Å². The molecule has 0 radical (unpaired) electrons. The lowest BCUT2D eigenvalue weighted by Crippen LogP contribution is -2.50. The number of amides is 1. The van der Waals surface area contributed by atoms with E-state index in [1.807, 2.05) is 12.1 Å². The average Bonchev–Trinajstić information content (AvgIpc) is 3.47. The average molecular weight is 409 g/mol. The molecule has 5 rings (SSSR count). The summed E-state index contributed by atoms with van der Waals surface area (Å²) in [5.74, 6) is 1.41. The van der Waals surface area contributed by atoms with E-state index in [9.17, 15) is 9.90 Å². The van der Waals surface area contributed by atoms with E-state index in [4.69, 9.17) is 4.74 Å². The highest BCUT2D eigenvalue weighted by molar-refractivity contribution is 6.00. The summed E-state index contributed by atoms with van der Waals surface area (Å²) >= 11 is 0. The lowest BCUT2D eigenvalue weighted by atomic mass is 9.89. The van der Waals surface area contributed by atoms with Gasteiger partial charge in [0.25, 0.3) is 5.91 Å². The third kappa shape index (κ3) is 3.50. The highest BCUT2D eigenvalue weighted by Crippen LogP contribution is 2.32. The Hall–Kier alpha value is -3.40. The van der Waals surface area contributed by atoms with Crippen molar-refractivity contribution in [2.45, 2.75) is 43.9 Å². The largest absolute Gasteiger partial charge is 0.473 e. The number of carbonyl (C=O) groups is 1. The molecule has 30 heavy (non-hydrogen) atoms. The molecule has 1 amide bonds. The molecule has 0 spiro atoms. The second-order valence-electron chi connectivity index (χ2n) is 7.59. The van der Waals surface area contributed by atoms with Crippen molar-refractivity contribution in [2.24, 2.45) is 0 Å². The summed E-state index contributed by atoms with van der Waals surface area (Å²) in [4.78, 5) is 21.7. The minimum absolute atomic E-state index is 0.218. The van der Waals surface area contributed by atoms with E-state index < -0.39 is 6.10 Å². The van der Waals surface area contributed by atoms with Gasteiger partial charge in [-0.2, -0.15) is 9.61 Å². The number of aromatic nitrogens is 4. The van der Waals surface area contributed by atoms with Gasteiger partial charge in [-0.3, -0.25) is 4.79 Å². The Morgan fingerprint density at radius 1 is 1.30 bits per heavy atom. The maximum absolute atomic E-state index is 12.7. The van der Waals surface area contributed by atoms with Crippen molar-refractivity contribution in [3.8, 4) is 5.88 Å². The first-order valence-electron chi connectivity index (χ1n) is 10.1. The Labute approximate surface area is 172 Å². The number of carbonyl (C=O) groups excluding carboxylic acids is 1. The first-order valence-corrected chi connectivity index (χ1v) is 10.1. The summed E-state index contributed by atoms with van der Waals surface area (Å²) in [5, 5.41) is 23.2. The van der Waals surface area contributed by atoms with Crippen molar-refractivity contribution >= 4 is 28.9 Å². The number of rotatable bonds is 7. The van der Waals surface area contributed by atoms with Crippen LogP contribution in [-0.2, 0) is 0 Å². The fraction of sp³-hybridized carbons (Fsp3) is 0.400. The number of ether oxygens (including phenoxy) is 1. The fourth-order valence-corrected chi connectivity index (χ4v) is 3.32. The fourth-order valence-electron chi connectivity index (χ4n) is 3.32. The molecule has 3 heterocycles. The van der Waals surface area contributed by atoms with Crippen LogP contribution in [0.5, 0.6) is 5.88 Å². The molecule has 2 aliphatic rings. The highest BCUT2D eigenvalue weighted by atomic mass is 16.5. The van der Waals surface area contributed by atoms with Gasteiger partial charge in [-0.15, -0.1) is 0 Å². The molecule has 0 aliphatic heterocycles. The second-order valence-corrected chi connectivity index (χ2v) is 7.59. The number of hydrogen-bond donors (Lipinski definition) is 4. The van der Waals surface area contributed by atoms with Crippen LogP contribution in [0.25, 0.3) is 5.65 Å². The number of hydrogen-bond acceptors (Lipinski definition) is 8. The Morgan fingerprint density at radius 3 is 2.87 bits per heavy atom. The molecule has 156 valence electrons. The summed E-state index contributed by atoms with van der Waals surface area (Å²) in [6, 6.07) is 5.26.